The molecule has 0 atom stereocenters. The van der Waals surface area contributed by atoms with E-state index in [1.165, 1.54) is 0 Å². The van der Waals surface area contributed by atoms with E-state index in [1.807, 2.05) is 78.9 Å². The Balaban J connectivity index is 1.48. The first-order chi connectivity index (χ1) is 15.8. The fraction of sp³-hybridized carbons (Fsp3) is 0.115. The summed E-state index contributed by atoms with van der Waals surface area (Å²) in [5.74, 6) is 1.12. The molecule has 2 aromatic carbocycles. The summed E-state index contributed by atoms with van der Waals surface area (Å²) >= 11 is 0. The predicted molar refractivity (Wildman–Crippen MR) is 126 cm³/mol. The average Bonchev–Trinajstić information content (AvgIpc) is 2.87. The number of hydrogen-bond donors (Lipinski definition) is 2. The van der Waals surface area contributed by atoms with Crippen LogP contribution in [0.2, 0.25) is 0 Å². The van der Waals surface area contributed by atoms with Crippen LogP contribution in [0.1, 0.15) is 15.9 Å². The largest absolute Gasteiger partial charge is 0.492 e. The van der Waals surface area contributed by atoms with Gasteiger partial charge in [-0.2, -0.15) is 0 Å². The van der Waals surface area contributed by atoms with Crippen LogP contribution in [0.25, 0.3) is 11.3 Å². The topological polar surface area (TPSA) is 76.1 Å². The van der Waals surface area contributed by atoms with Crippen LogP contribution in [-0.4, -0.2) is 29.0 Å². The van der Waals surface area contributed by atoms with Crippen LogP contribution < -0.4 is 15.4 Å². The molecule has 6 nitrogen and oxygen atoms in total. The third-order valence-electron chi connectivity index (χ3n) is 4.79. The van der Waals surface area contributed by atoms with Gasteiger partial charge in [0.25, 0.3) is 5.91 Å². The quantitative estimate of drug-likeness (QED) is 0.385. The molecule has 2 aromatic heterocycles. The van der Waals surface area contributed by atoms with Gasteiger partial charge in [0.1, 0.15) is 18.2 Å². The zero-order chi connectivity index (χ0) is 22.0. The highest BCUT2D eigenvalue weighted by atomic mass is 16.5. The minimum absolute atomic E-state index is 0.201. The number of carbonyl (C=O) groups excluding carboxylic acids is 1. The summed E-state index contributed by atoms with van der Waals surface area (Å²) in [7, 11) is 0. The smallest absolute Gasteiger partial charge is 0.255 e. The number of rotatable bonds is 9. The molecule has 0 saturated heterocycles. The highest BCUT2D eigenvalue weighted by Crippen LogP contribution is 2.22. The van der Waals surface area contributed by atoms with Crippen molar-refractivity contribution in [1.82, 2.24) is 15.3 Å². The van der Waals surface area contributed by atoms with E-state index < -0.39 is 0 Å². The fourth-order valence-corrected chi connectivity index (χ4v) is 3.18. The van der Waals surface area contributed by atoms with Gasteiger partial charge in [-0.1, -0.05) is 54.6 Å². The molecule has 0 radical (unpaired) electrons. The minimum Gasteiger partial charge on any atom is -0.492 e. The van der Waals surface area contributed by atoms with Gasteiger partial charge in [0.2, 0.25) is 0 Å². The van der Waals surface area contributed by atoms with Gasteiger partial charge in [-0.3, -0.25) is 9.78 Å². The number of anilines is 1. The van der Waals surface area contributed by atoms with Gasteiger partial charge in [-0.15, -0.1) is 0 Å². The maximum atomic E-state index is 12.9. The summed E-state index contributed by atoms with van der Waals surface area (Å²) < 4.78 is 5.75. The summed E-state index contributed by atoms with van der Waals surface area (Å²) in [5, 5.41) is 6.20. The molecular formula is C26H24N4O2. The van der Waals surface area contributed by atoms with E-state index in [2.05, 4.69) is 15.6 Å². The lowest BCUT2D eigenvalue weighted by Crippen LogP contribution is -2.25. The van der Waals surface area contributed by atoms with Crippen molar-refractivity contribution >= 4 is 11.7 Å². The van der Waals surface area contributed by atoms with Crippen molar-refractivity contribution in [2.75, 3.05) is 18.5 Å². The van der Waals surface area contributed by atoms with Gasteiger partial charge < -0.3 is 15.4 Å². The van der Waals surface area contributed by atoms with E-state index in [1.54, 1.807) is 18.5 Å². The van der Waals surface area contributed by atoms with E-state index in [-0.39, 0.29) is 5.91 Å². The molecule has 0 saturated carbocycles. The molecule has 0 fully saturated rings. The maximum absolute atomic E-state index is 12.9. The third kappa shape index (κ3) is 5.70. The van der Waals surface area contributed by atoms with Crippen LogP contribution in [0.4, 0.5) is 5.82 Å². The minimum atomic E-state index is -0.201. The summed E-state index contributed by atoms with van der Waals surface area (Å²) in [5.41, 5.74) is 3.19. The van der Waals surface area contributed by atoms with E-state index in [0.717, 1.165) is 22.6 Å². The Hall–Kier alpha value is -4.19. The van der Waals surface area contributed by atoms with Crippen molar-refractivity contribution in [3.05, 3.63) is 108 Å². The van der Waals surface area contributed by atoms with Gasteiger partial charge in [0, 0.05) is 24.5 Å². The average molecular weight is 425 g/mol. The number of aromatic nitrogens is 2. The Morgan fingerprint density at radius 2 is 1.66 bits per heavy atom. The molecule has 6 heteroatoms. The van der Waals surface area contributed by atoms with Crippen LogP contribution >= 0.6 is 0 Å². The van der Waals surface area contributed by atoms with Gasteiger partial charge >= 0.3 is 0 Å². The van der Waals surface area contributed by atoms with Crippen molar-refractivity contribution in [1.29, 1.82) is 0 Å². The number of para-hydroxylation sites is 1. The van der Waals surface area contributed by atoms with Gasteiger partial charge in [0.15, 0.2) is 0 Å². The molecule has 160 valence electrons. The molecule has 32 heavy (non-hydrogen) atoms. The van der Waals surface area contributed by atoms with Crippen LogP contribution in [0.15, 0.2) is 97.3 Å². The summed E-state index contributed by atoms with van der Waals surface area (Å²) in [6.45, 7) is 1.34. The standard InChI is InChI=1S/C26H24N4O2/c31-26(29-19-20-8-7-15-27-18-20)23-13-14-24(21-9-3-1-4-10-21)30-25(23)28-16-17-32-22-11-5-2-6-12-22/h1-15,18H,16-17,19H2,(H,28,30)(H,29,31). The Bertz CT molecular complexity index is 1140. The molecule has 0 bridgehead atoms. The first-order valence-electron chi connectivity index (χ1n) is 10.4. The highest BCUT2D eigenvalue weighted by molar-refractivity contribution is 5.99. The second-order valence-corrected chi connectivity index (χ2v) is 7.09. The Labute approximate surface area is 187 Å². The predicted octanol–water partition coefficient (Wildman–Crippen LogP) is 4.56. The molecule has 0 aliphatic carbocycles. The van der Waals surface area contributed by atoms with Crippen molar-refractivity contribution < 1.29 is 9.53 Å². The number of carbonyl (C=O) groups is 1. The Morgan fingerprint density at radius 1 is 0.875 bits per heavy atom. The van der Waals surface area contributed by atoms with E-state index >= 15 is 0 Å². The summed E-state index contributed by atoms with van der Waals surface area (Å²) in [6, 6.07) is 26.9. The zero-order valence-corrected chi connectivity index (χ0v) is 17.6. The Morgan fingerprint density at radius 3 is 2.41 bits per heavy atom. The normalized spacial score (nSPS) is 10.4. The maximum Gasteiger partial charge on any atom is 0.255 e. The Kier molecular flexibility index (Phi) is 7.06. The first kappa shape index (κ1) is 21.1. The molecule has 0 spiro atoms. The second-order valence-electron chi connectivity index (χ2n) is 7.09. The molecule has 0 aliphatic rings. The molecule has 4 aromatic rings. The lowest BCUT2D eigenvalue weighted by molar-refractivity contribution is 0.0951. The number of hydrogen-bond acceptors (Lipinski definition) is 5. The summed E-state index contributed by atoms with van der Waals surface area (Å²) in [4.78, 5) is 21.7. The molecule has 2 heterocycles. The van der Waals surface area contributed by atoms with Crippen molar-refractivity contribution in [3.63, 3.8) is 0 Å². The lowest BCUT2D eigenvalue weighted by atomic mass is 10.1. The zero-order valence-electron chi connectivity index (χ0n) is 17.6. The summed E-state index contributed by atoms with van der Waals surface area (Å²) in [6.07, 6.45) is 3.44. The lowest BCUT2D eigenvalue weighted by Gasteiger charge is -2.14. The highest BCUT2D eigenvalue weighted by Gasteiger charge is 2.14. The van der Waals surface area contributed by atoms with Crippen LogP contribution in [0, 0.1) is 0 Å². The molecular weight excluding hydrogens is 400 g/mol. The van der Waals surface area contributed by atoms with Crippen LogP contribution in [-0.2, 0) is 6.54 Å². The molecule has 0 unspecified atom stereocenters. The van der Waals surface area contributed by atoms with E-state index in [4.69, 9.17) is 9.72 Å². The van der Waals surface area contributed by atoms with Gasteiger partial charge in [-0.25, -0.2) is 4.98 Å². The second kappa shape index (κ2) is 10.7. The van der Waals surface area contributed by atoms with Gasteiger partial charge in [-0.05, 0) is 35.9 Å². The molecule has 0 aliphatic heterocycles. The number of amides is 1. The van der Waals surface area contributed by atoms with Crippen molar-refractivity contribution in [2.45, 2.75) is 6.54 Å². The molecule has 4 rings (SSSR count). The SMILES string of the molecule is O=C(NCc1cccnc1)c1ccc(-c2ccccc2)nc1NCCOc1ccccc1. The van der Waals surface area contributed by atoms with Crippen LogP contribution in [0.3, 0.4) is 0 Å². The first-order valence-corrected chi connectivity index (χ1v) is 10.4. The molecule has 1 amide bonds. The fourth-order valence-electron chi connectivity index (χ4n) is 3.18. The number of nitrogens with one attached hydrogen (secondary N) is 2. The van der Waals surface area contributed by atoms with Crippen molar-refractivity contribution in [3.8, 4) is 17.0 Å². The molecule has 2 N–H and O–H groups in total. The van der Waals surface area contributed by atoms with E-state index in [0.29, 0.717) is 31.1 Å². The number of benzene rings is 2. The van der Waals surface area contributed by atoms with Crippen LogP contribution in [0.5, 0.6) is 5.75 Å². The monoisotopic (exact) mass is 424 g/mol. The van der Waals surface area contributed by atoms with Gasteiger partial charge in [0.05, 0.1) is 17.8 Å². The van der Waals surface area contributed by atoms with Crippen molar-refractivity contribution in [2.24, 2.45) is 0 Å². The number of ether oxygens (including phenoxy) is 1. The number of nitrogens with zero attached hydrogens (tertiary/aromatic N) is 2. The third-order valence-corrected chi connectivity index (χ3v) is 4.79. The number of pyridine rings is 2. The van der Waals surface area contributed by atoms with E-state index in [9.17, 15) is 4.79 Å².